The highest BCUT2D eigenvalue weighted by Crippen LogP contribution is 2.18. The summed E-state index contributed by atoms with van der Waals surface area (Å²) in [5.74, 6) is 0. The molecule has 17 heavy (non-hydrogen) atoms. The molecule has 0 unspecified atom stereocenters. The zero-order valence-electron chi connectivity index (χ0n) is 11.1. The first-order valence-corrected chi connectivity index (χ1v) is 5.79. The van der Waals surface area contributed by atoms with Crippen LogP contribution in [0.25, 0.3) is 0 Å². The van der Waals surface area contributed by atoms with Gasteiger partial charge in [0.25, 0.3) is 0 Å². The molecule has 0 aliphatic carbocycles. The molecule has 0 aromatic carbocycles. The van der Waals surface area contributed by atoms with Crippen LogP contribution >= 0.6 is 0 Å². The van der Waals surface area contributed by atoms with Gasteiger partial charge in [0.1, 0.15) is 0 Å². The Kier molecular flexibility index (Phi) is 8.40. The second kappa shape index (κ2) is 9.41. The van der Waals surface area contributed by atoms with Crippen molar-refractivity contribution < 1.29 is 0 Å². The Morgan fingerprint density at radius 2 is 1.65 bits per heavy atom. The third-order valence-electron chi connectivity index (χ3n) is 2.30. The molecule has 0 bridgehead atoms. The molecule has 0 N–H and O–H groups in total. The SMILES string of the molecule is C=C\C=C/C=C\C(C)=C(C=C)/C(/C=C\C)=C\C. The Morgan fingerprint density at radius 1 is 0.941 bits per heavy atom. The van der Waals surface area contributed by atoms with Crippen molar-refractivity contribution in [2.24, 2.45) is 0 Å². The van der Waals surface area contributed by atoms with Gasteiger partial charge in [-0.25, -0.2) is 0 Å². The van der Waals surface area contributed by atoms with Crippen molar-refractivity contribution in [3.63, 3.8) is 0 Å². The Bertz CT molecular complexity index is 396. The Balaban J connectivity index is 5.18. The third kappa shape index (κ3) is 5.72. The van der Waals surface area contributed by atoms with E-state index < -0.39 is 0 Å². The molecule has 0 aromatic heterocycles. The molecule has 0 aromatic rings. The maximum atomic E-state index is 3.88. The highest BCUT2D eigenvalue weighted by molar-refractivity contribution is 5.50. The van der Waals surface area contributed by atoms with Gasteiger partial charge in [-0.2, -0.15) is 0 Å². The van der Waals surface area contributed by atoms with Crippen molar-refractivity contribution >= 4 is 0 Å². The molecular weight excluding hydrogens is 204 g/mol. The van der Waals surface area contributed by atoms with E-state index in [0.717, 1.165) is 5.57 Å². The van der Waals surface area contributed by atoms with Gasteiger partial charge in [-0.15, -0.1) is 0 Å². The van der Waals surface area contributed by atoms with E-state index in [9.17, 15) is 0 Å². The molecule has 0 spiro atoms. The van der Waals surface area contributed by atoms with Crippen LogP contribution in [0.4, 0.5) is 0 Å². The summed E-state index contributed by atoms with van der Waals surface area (Å²) in [7, 11) is 0. The first kappa shape index (κ1) is 15.2. The number of hydrogen-bond acceptors (Lipinski definition) is 0. The van der Waals surface area contributed by atoms with Gasteiger partial charge in [-0.05, 0) is 37.5 Å². The Labute approximate surface area is 106 Å². The lowest BCUT2D eigenvalue weighted by Gasteiger charge is -2.06. The lowest BCUT2D eigenvalue weighted by atomic mass is 9.99. The highest BCUT2D eigenvalue weighted by atomic mass is 14.0. The second-order valence-corrected chi connectivity index (χ2v) is 3.52. The minimum atomic E-state index is 1.16. The minimum absolute atomic E-state index is 1.16. The summed E-state index contributed by atoms with van der Waals surface area (Å²) in [6.45, 7) is 13.6. The number of rotatable bonds is 6. The van der Waals surface area contributed by atoms with Crippen LogP contribution in [0, 0.1) is 0 Å². The molecule has 0 rings (SSSR count). The smallest absolute Gasteiger partial charge is 0.0164 e. The summed E-state index contributed by atoms with van der Waals surface area (Å²) in [4.78, 5) is 0. The van der Waals surface area contributed by atoms with E-state index in [-0.39, 0.29) is 0 Å². The van der Waals surface area contributed by atoms with E-state index in [0.29, 0.717) is 0 Å². The van der Waals surface area contributed by atoms with Gasteiger partial charge in [-0.3, -0.25) is 0 Å². The van der Waals surface area contributed by atoms with Crippen LogP contribution in [0.3, 0.4) is 0 Å². The molecule has 0 aliphatic rings. The van der Waals surface area contributed by atoms with Crippen molar-refractivity contribution in [1.29, 1.82) is 0 Å². The zero-order valence-corrected chi connectivity index (χ0v) is 11.1. The highest BCUT2D eigenvalue weighted by Gasteiger charge is 1.99. The molecule has 0 amide bonds. The van der Waals surface area contributed by atoms with E-state index in [1.54, 1.807) is 6.08 Å². The summed E-state index contributed by atoms with van der Waals surface area (Å²) in [6, 6.07) is 0. The van der Waals surface area contributed by atoms with Crippen molar-refractivity contribution in [3.05, 3.63) is 84.6 Å². The summed E-state index contributed by atoms with van der Waals surface area (Å²) < 4.78 is 0. The van der Waals surface area contributed by atoms with Gasteiger partial charge in [0.2, 0.25) is 0 Å². The maximum absolute atomic E-state index is 3.88. The van der Waals surface area contributed by atoms with Gasteiger partial charge in [0, 0.05) is 0 Å². The summed E-state index contributed by atoms with van der Waals surface area (Å²) >= 11 is 0. The molecule has 0 heterocycles. The molecule has 0 saturated carbocycles. The van der Waals surface area contributed by atoms with E-state index in [1.165, 1.54) is 11.1 Å². The first-order chi connectivity index (χ1) is 8.21. The quantitative estimate of drug-likeness (QED) is 0.538. The fraction of sp³-hybridized carbons (Fsp3) is 0.176. The molecule has 0 aliphatic heterocycles. The van der Waals surface area contributed by atoms with E-state index >= 15 is 0 Å². The normalized spacial score (nSPS) is 14.6. The molecule has 0 nitrogen and oxygen atoms in total. The summed E-state index contributed by atoms with van der Waals surface area (Å²) in [5.41, 5.74) is 3.55. The molecule has 0 atom stereocenters. The maximum Gasteiger partial charge on any atom is -0.0164 e. The fourth-order valence-electron chi connectivity index (χ4n) is 1.46. The van der Waals surface area contributed by atoms with Crippen molar-refractivity contribution in [1.82, 2.24) is 0 Å². The minimum Gasteiger partial charge on any atom is -0.0991 e. The average Bonchev–Trinajstić information content (AvgIpc) is 2.34. The predicted octanol–water partition coefficient (Wildman–Crippen LogP) is 5.31. The molecular formula is C17H22. The van der Waals surface area contributed by atoms with Gasteiger partial charge in [0.05, 0.1) is 0 Å². The van der Waals surface area contributed by atoms with E-state index in [4.69, 9.17) is 0 Å². The largest absolute Gasteiger partial charge is 0.0991 e. The van der Waals surface area contributed by atoms with Crippen LogP contribution in [0.15, 0.2) is 84.6 Å². The average molecular weight is 226 g/mol. The topological polar surface area (TPSA) is 0 Å². The van der Waals surface area contributed by atoms with Crippen LogP contribution in [0.1, 0.15) is 20.8 Å². The lowest BCUT2D eigenvalue weighted by molar-refractivity contribution is 1.38. The second-order valence-electron chi connectivity index (χ2n) is 3.52. The van der Waals surface area contributed by atoms with E-state index in [1.807, 2.05) is 44.2 Å². The van der Waals surface area contributed by atoms with Crippen LogP contribution in [-0.4, -0.2) is 0 Å². The van der Waals surface area contributed by atoms with Crippen LogP contribution < -0.4 is 0 Å². The third-order valence-corrected chi connectivity index (χ3v) is 2.30. The van der Waals surface area contributed by atoms with Crippen molar-refractivity contribution in [2.75, 3.05) is 0 Å². The van der Waals surface area contributed by atoms with Crippen LogP contribution in [0.2, 0.25) is 0 Å². The fourth-order valence-corrected chi connectivity index (χ4v) is 1.46. The number of hydrogen-bond donors (Lipinski definition) is 0. The van der Waals surface area contributed by atoms with Crippen LogP contribution in [-0.2, 0) is 0 Å². The summed E-state index contributed by atoms with van der Waals surface area (Å²) in [5, 5.41) is 0. The monoisotopic (exact) mass is 226 g/mol. The van der Waals surface area contributed by atoms with Crippen LogP contribution in [0.5, 0.6) is 0 Å². The molecule has 0 saturated heterocycles. The van der Waals surface area contributed by atoms with Gasteiger partial charge in [0.15, 0.2) is 0 Å². The first-order valence-electron chi connectivity index (χ1n) is 5.79. The van der Waals surface area contributed by atoms with Gasteiger partial charge >= 0.3 is 0 Å². The zero-order chi connectivity index (χ0) is 13.1. The molecule has 0 radical (unpaired) electrons. The lowest BCUT2D eigenvalue weighted by Crippen LogP contribution is -1.86. The molecule has 90 valence electrons. The Hall–Kier alpha value is -1.82. The van der Waals surface area contributed by atoms with Gasteiger partial charge < -0.3 is 0 Å². The standard InChI is InChI=1S/C17H22/c1-6-10-11-12-14-15(5)17(9-4)16(8-3)13-7-2/h6-14H,1,4H2,2-3,5H3/b11-10-,13-7-,14-12-,16-8-,17-15-. The summed E-state index contributed by atoms with van der Waals surface area (Å²) in [6.07, 6.45) is 17.8. The molecule has 0 fully saturated rings. The van der Waals surface area contributed by atoms with Gasteiger partial charge in [-0.1, -0.05) is 67.8 Å². The number of allylic oxidation sites excluding steroid dienone is 12. The van der Waals surface area contributed by atoms with E-state index in [2.05, 4.69) is 38.3 Å². The predicted molar refractivity (Wildman–Crippen MR) is 79.9 cm³/mol. The molecule has 0 heteroatoms. The van der Waals surface area contributed by atoms with Crippen molar-refractivity contribution in [3.8, 4) is 0 Å². The Morgan fingerprint density at radius 3 is 2.12 bits per heavy atom. The van der Waals surface area contributed by atoms with Crippen molar-refractivity contribution in [2.45, 2.75) is 20.8 Å².